The number of hydrogen-bond acceptors (Lipinski definition) is 4. The average Bonchev–Trinajstić information content (AvgIpc) is 2.66. The van der Waals surface area contributed by atoms with E-state index in [1.54, 1.807) is 4.90 Å². The molecule has 1 aliphatic rings. The zero-order valence-corrected chi connectivity index (χ0v) is 13.4. The molecule has 1 saturated heterocycles. The van der Waals surface area contributed by atoms with Crippen molar-refractivity contribution in [2.75, 3.05) is 6.54 Å². The Hall–Kier alpha value is -1.33. The predicted molar refractivity (Wildman–Crippen MR) is 87.8 cm³/mol. The molecule has 1 aromatic rings. The fourth-order valence-electron chi connectivity index (χ4n) is 1.87. The molecule has 1 amide bonds. The molecule has 0 atom stereocenters. The highest BCUT2D eigenvalue weighted by Gasteiger charge is 2.30. The molecule has 1 fully saturated rings. The fraction of sp³-hybridized carbons (Fsp3) is 0.333. The van der Waals surface area contributed by atoms with E-state index in [0.717, 1.165) is 11.3 Å². The van der Waals surface area contributed by atoms with Gasteiger partial charge in [-0.1, -0.05) is 42.2 Å². The number of amides is 1. The molecule has 1 aliphatic heterocycles. The Bertz CT molecular complexity index is 567. The molecule has 5 heteroatoms. The first-order valence-electron chi connectivity index (χ1n) is 6.54. The Morgan fingerprint density at radius 2 is 2.10 bits per heavy atom. The third-order valence-electron chi connectivity index (χ3n) is 2.76. The third kappa shape index (κ3) is 3.22. The number of ether oxygens (including phenoxy) is 1. The highest BCUT2D eigenvalue weighted by atomic mass is 32.2. The van der Waals surface area contributed by atoms with Crippen molar-refractivity contribution in [3.63, 3.8) is 0 Å². The molecule has 0 aliphatic carbocycles. The summed E-state index contributed by atoms with van der Waals surface area (Å²) in [5, 5.41) is 0. The lowest BCUT2D eigenvalue weighted by atomic mass is 10.2. The van der Waals surface area contributed by atoms with Crippen molar-refractivity contribution < 1.29 is 9.53 Å². The Balaban J connectivity index is 2.32. The number of rotatable bonds is 4. The number of likely N-dealkylation sites (N-methyl/N-ethyl adjacent to an activating group) is 1. The van der Waals surface area contributed by atoms with Crippen molar-refractivity contribution in [1.82, 2.24) is 4.90 Å². The molecule has 0 spiro atoms. The van der Waals surface area contributed by atoms with Crippen LogP contribution in [-0.2, 0) is 4.79 Å². The van der Waals surface area contributed by atoms with Gasteiger partial charge in [0.2, 0.25) is 0 Å². The molecule has 0 aromatic heterocycles. The van der Waals surface area contributed by atoms with Gasteiger partial charge in [0.05, 0.1) is 11.0 Å². The fourth-order valence-corrected chi connectivity index (χ4v) is 3.25. The number of nitrogens with zero attached hydrogens (tertiary/aromatic N) is 1. The lowest BCUT2D eigenvalue weighted by molar-refractivity contribution is -0.121. The van der Waals surface area contributed by atoms with Gasteiger partial charge in [0, 0.05) is 12.1 Å². The second-order valence-corrected chi connectivity index (χ2v) is 6.31. The number of thioether (sulfide) groups is 1. The third-order valence-corrected chi connectivity index (χ3v) is 4.14. The van der Waals surface area contributed by atoms with Crippen LogP contribution in [0.2, 0.25) is 0 Å². The molecule has 106 valence electrons. The smallest absolute Gasteiger partial charge is 0.266 e. The van der Waals surface area contributed by atoms with Crippen molar-refractivity contribution in [3.05, 3.63) is 34.7 Å². The first-order valence-corrected chi connectivity index (χ1v) is 7.76. The van der Waals surface area contributed by atoms with Gasteiger partial charge in [0.25, 0.3) is 5.91 Å². The van der Waals surface area contributed by atoms with Crippen molar-refractivity contribution in [2.24, 2.45) is 0 Å². The topological polar surface area (TPSA) is 29.5 Å². The average molecular weight is 307 g/mol. The van der Waals surface area contributed by atoms with Gasteiger partial charge in [0.1, 0.15) is 10.1 Å². The van der Waals surface area contributed by atoms with Crippen LogP contribution in [0.5, 0.6) is 5.75 Å². The molecular formula is C15H17NO2S2. The van der Waals surface area contributed by atoms with Crippen LogP contribution in [0.1, 0.15) is 26.3 Å². The SMILES string of the molecule is CCN1C(=O)C(=Cc2ccccc2OC(C)C)SC1=S. The standard InChI is InChI=1S/C15H17NO2S2/c1-4-16-14(17)13(20-15(16)19)9-11-7-5-6-8-12(11)18-10(2)3/h5-10H,4H2,1-3H3. The van der Waals surface area contributed by atoms with Crippen LogP contribution in [0.3, 0.4) is 0 Å². The minimum absolute atomic E-state index is 0.0261. The van der Waals surface area contributed by atoms with Crippen LogP contribution < -0.4 is 4.74 Å². The van der Waals surface area contributed by atoms with E-state index in [4.69, 9.17) is 17.0 Å². The number of carbonyl (C=O) groups excluding carboxylic acids is 1. The lowest BCUT2D eigenvalue weighted by Crippen LogP contribution is -2.27. The van der Waals surface area contributed by atoms with Gasteiger partial charge in [-0.3, -0.25) is 9.69 Å². The normalized spacial score (nSPS) is 17.4. The molecule has 0 bridgehead atoms. The van der Waals surface area contributed by atoms with Gasteiger partial charge >= 0.3 is 0 Å². The number of hydrogen-bond donors (Lipinski definition) is 0. The number of para-hydroxylation sites is 1. The van der Waals surface area contributed by atoms with Crippen LogP contribution in [0, 0.1) is 0 Å². The number of benzene rings is 1. The summed E-state index contributed by atoms with van der Waals surface area (Å²) in [5.74, 6) is 0.756. The molecular weight excluding hydrogens is 290 g/mol. The number of thiocarbonyl (C=S) groups is 1. The van der Waals surface area contributed by atoms with E-state index in [2.05, 4.69) is 0 Å². The molecule has 0 N–H and O–H groups in total. The van der Waals surface area contributed by atoms with E-state index >= 15 is 0 Å². The Morgan fingerprint density at radius 3 is 2.70 bits per heavy atom. The summed E-state index contributed by atoms with van der Waals surface area (Å²) in [6, 6.07) is 7.70. The van der Waals surface area contributed by atoms with Gasteiger partial charge in [-0.15, -0.1) is 0 Å². The zero-order chi connectivity index (χ0) is 14.7. The predicted octanol–water partition coefficient (Wildman–Crippen LogP) is 3.69. The first-order chi connectivity index (χ1) is 9.52. The number of carbonyl (C=O) groups is 1. The summed E-state index contributed by atoms with van der Waals surface area (Å²) in [6.07, 6.45) is 1.95. The van der Waals surface area contributed by atoms with Crippen molar-refractivity contribution in [3.8, 4) is 5.75 Å². The van der Waals surface area contributed by atoms with E-state index in [1.165, 1.54) is 11.8 Å². The monoisotopic (exact) mass is 307 g/mol. The molecule has 3 nitrogen and oxygen atoms in total. The van der Waals surface area contributed by atoms with Crippen LogP contribution in [0.4, 0.5) is 0 Å². The maximum atomic E-state index is 12.2. The molecule has 0 saturated carbocycles. The highest BCUT2D eigenvalue weighted by Crippen LogP contribution is 2.34. The first kappa shape index (κ1) is 15.1. The Labute approximate surface area is 129 Å². The minimum atomic E-state index is -0.0261. The van der Waals surface area contributed by atoms with E-state index in [-0.39, 0.29) is 12.0 Å². The quantitative estimate of drug-likeness (QED) is 0.627. The highest BCUT2D eigenvalue weighted by molar-refractivity contribution is 8.26. The van der Waals surface area contributed by atoms with E-state index in [0.29, 0.717) is 15.8 Å². The summed E-state index contributed by atoms with van der Waals surface area (Å²) >= 11 is 6.55. The maximum Gasteiger partial charge on any atom is 0.266 e. The van der Waals surface area contributed by atoms with E-state index < -0.39 is 0 Å². The Kier molecular flexibility index (Phi) is 4.83. The molecule has 1 aromatic carbocycles. The molecule has 20 heavy (non-hydrogen) atoms. The van der Waals surface area contributed by atoms with Crippen LogP contribution in [-0.4, -0.2) is 27.8 Å². The summed E-state index contributed by atoms with van der Waals surface area (Å²) in [6.45, 7) is 6.48. The van der Waals surface area contributed by atoms with Crippen molar-refractivity contribution in [2.45, 2.75) is 26.9 Å². The van der Waals surface area contributed by atoms with E-state index in [9.17, 15) is 4.79 Å². The largest absolute Gasteiger partial charge is 0.490 e. The summed E-state index contributed by atoms with van der Waals surface area (Å²) in [4.78, 5) is 14.5. The molecule has 0 unspecified atom stereocenters. The van der Waals surface area contributed by atoms with Crippen molar-refractivity contribution in [1.29, 1.82) is 0 Å². The second kappa shape index (κ2) is 6.41. The second-order valence-electron chi connectivity index (χ2n) is 4.63. The molecule has 1 heterocycles. The van der Waals surface area contributed by atoms with Crippen LogP contribution >= 0.6 is 24.0 Å². The molecule has 2 rings (SSSR count). The van der Waals surface area contributed by atoms with E-state index in [1.807, 2.05) is 51.1 Å². The molecule has 0 radical (unpaired) electrons. The van der Waals surface area contributed by atoms with Crippen LogP contribution in [0.15, 0.2) is 29.2 Å². The summed E-state index contributed by atoms with van der Waals surface area (Å²) in [5.41, 5.74) is 0.901. The summed E-state index contributed by atoms with van der Waals surface area (Å²) in [7, 11) is 0. The van der Waals surface area contributed by atoms with Gasteiger partial charge in [-0.25, -0.2) is 0 Å². The van der Waals surface area contributed by atoms with Gasteiger partial charge in [-0.05, 0) is 32.9 Å². The minimum Gasteiger partial charge on any atom is -0.490 e. The van der Waals surface area contributed by atoms with Gasteiger partial charge < -0.3 is 4.74 Å². The van der Waals surface area contributed by atoms with Crippen LogP contribution in [0.25, 0.3) is 6.08 Å². The van der Waals surface area contributed by atoms with Crippen molar-refractivity contribution >= 4 is 40.3 Å². The van der Waals surface area contributed by atoms with Gasteiger partial charge in [-0.2, -0.15) is 0 Å². The Morgan fingerprint density at radius 1 is 1.40 bits per heavy atom. The van der Waals surface area contributed by atoms with Gasteiger partial charge in [0.15, 0.2) is 0 Å². The lowest BCUT2D eigenvalue weighted by Gasteiger charge is -2.12. The maximum absolute atomic E-state index is 12.2. The zero-order valence-electron chi connectivity index (χ0n) is 11.8. The summed E-state index contributed by atoms with van der Waals surface area (Å²) < 4.78 is 6.38.